The van der Waals surface area contributed by atoms with Gasteiger partial charge < -0.3 is 0 Å². The molecule has 0 nitrogen and oxygen atoms in total. The van der Waals surface area contributed by atoms with Crippen LogP contribution in [0.2, 0.25) is 0 Å². The fourth-order valence-electron chi connectivity index (χ4n) is 1.36. The molecule has 0 fully saturated rings. The molecule has 0 aromatic heterocycles. The molecule has 0 saturated heterocycles. The van der Waals surface area contributed by atoms with Crippen molar-refractivity contribution in [1.82, 2.24) is 0 Å². The molecule has 1 aliphatic rings. The van der Waals surface area contributed by atoms with Crippen LogP contribution in [0.3, 0.4) is 0 Å². The lowest BCUT2D eigenvalue weighted by molar-refractivity contribution is 0.485. The Bertz CT molecular complexity index is 172. The van der Waals surface area contributed by atoms with E-state index in [-0.39, 0.29) is 0 Å². The summed E-state index contributed by atoms with van der Waals surface area (Å²) < 4.78 is 0. The van der Waals surface area contributed by atoms with Crippen molar-refractivity contribution in [3.05, 3.63) is 23.8 Å². The highest BCUT2D eigenvalue weighted by Crippen LogP contribution is 2.24. The first kappa shape index (κ1) is 8.58. The van der Waals surface area contributed by atoms with E-state index in [2.05, 4.69) is 39.0 Å². The van der Waals surface area contributed by atoms with Crippen molar-refractivity contribution in [2.75, 3.05) is 0 Å². The molecule has 0 heterocycles. The fourth-order valence-corrected chi connectivity index (χ4v) is 1.36. The van der Waals surface area contributed by atoms with Gasteiger partial charge in [0.1, 0.15) is 0 Å². The van der Waals surface area contributed by atoms with Crippen molar-refractivity contribution in [1.29, 1.82) is 0 Å². The minimum atomic E-state index is 0.728. The Hall–Kier alpha value is -0.520. The Morgan fingerprint density at radius 1 is 1.18 bits per heavy atom. The number of allylic oxidation sites excluding steroid dienone is 4. The molecule has 0 aromatic rings. The van der Waals surface area contributed by atoms with E-state index in [0.29, 0.717) is 0 Å². The summed E-state index contributed by atoms with van der Waals surface area (Å²) in [5.41, 5.74) is 1.53. The van der Waals surface area contributed by atoms with E-state index in [9.17, 15) is 0 Å². The van der Waals surface area contributed by atoms with Gasteiger partial charge in [0.05, 0.1) is 0 Å². The first-order chi connectivity index (χ1) is 5.22. The van der Waals surface area contributed by atoms with Crippen LogP contribution >= 0.6 is 0 Å². The zero-order valence-corrected chi connectivity index (χ0v) is 7.80. The molecule has 1 atom stereocenters. The van der Waals surface area contributed by atoms with E-state index in [1.807, 2.05) is 0 Å². The summed E-state index contributed by atoms with van der Waals surface area (Å²) in [6, 6.07) is 0. The lowest BCUT2D eigenvalue weighted by Crippen LogP contribution is -2.06. The van der Waals surface area contributed by atoms with Gasteiger partial charge in [0.2, 0.25) is 0 Å². The van der Waals surface area contributed by atoms with Crippen LogP contribution in [0.1, 0.15) is 33.6 Å². The van der Waals surface area contributed by atoms with Crippen molar-refractivity contribution in [3.8, 4) is 0 Å². The summed E-state index contributed by atoms with van der Waals surface area (Å²) in [5.74, 6) is 1.50. The molecule has 1 unspecified atom stereocenters. The molecule has 0 N–H and O–H groups in total. The Morgan fingerprint density at radius 2 is 1.91 bits per heavy atom. The van der Waals surface area contributed by atoms with Crippen LogP contribution in [-0.2, 0) is 0 Å². The lowest BCUT2D eigenvalue weighted by atomic mass is 9.87. The highest BCUT2D eigenvalue weighted by molar-refractivity contribution is 5.24. The zero-order valence-electron chi connectivity index (χ0n) is 7.80. The molecule has 1 aliphatic carbocycles. The van der Waals surface area contributed by atoms with Gasteiger partial charge in [-0.2, -0.15) is 0 Å². The molecule has 0 heteroatoms. The van der Waals surface area contributed by atoms with E-state index >= 15 is 0 Å². The fraction of sp³-hybridized carbons (Fsp3) is 0.636. The minimum Gasteiger partial charge on any atom is -0.0840 e. The molecular weight excluding hydrogens is 132 g/mol. The second-order valence-electron chi connectivity index (χ2n) is 3.72. The zero-order chi connectivity index (χ0) is 8.27. The molecule has 0 amide bonds. The lowest BCUT2D eigenvalue weighted by Gasteiger charge is -2.18. The minimum absolute atomic E-state index is 0.728. The number of hydrogen-bond acceptors (Lipinski definition) is 0. The van der Waals surface area contributed by atoms with Crippen LogP contribution in [0.4, 0.5) is 0 Å². The van der Waals surface area contributed by atoms with E-state index < -0.39 is 0 Å². The third kappa shape index (κ3) is 2.21. The summed E-state index contributed by atoms with van der Waals surface area (Å²) in [4.78, 5) is 0. The third-order valence-electron chi connectivity index (χ3n) is 2.55. The van der Waals surface area contributed by atoms with Crippen molar-refractivity contribution >= 4 is 0 Å². The molecule has 0 spiro atoms. The summed E-state index contributed by atoms with van der Waals surface area (Å²) in [5, 5.41) is 0. The maximum Gasteiger partial charge on any atom is -0.0171 e. The van der Waals surface area contributed by atoms with Crippen LogP contribution in [0.25, 0.3) is 0 Å². The maximum atomic E-state index is 2.38. The summed E-state index contributed by atoms with van der Waals surface area (Å²) in [6.07, 6.45) is 9.42. The normalized spacial score (nSPS) is 20.2. The van der Waals surface area contributed by atoms with Crippen LogP contribution in [0.15, 0.2) is 23.8 Å². The van der Waals surface area contributed by atoms with E-state index in [4.69, 9.17) is 0 Å². The largest absolute Gasteiger partial charge is 0.0840 e. The van der Waals surface area contributed by atoms with E-state index in [1.165, 1.54) is 18.4 Å². The Kier molecular flexibility index (Phi) is 2.92. The van der Waals surface area contributed by atoms with Crippen LogP contribution < -0.4 is 0 Å². The molecule has 0 saturated carbocycles. The average Bonchev–Trinajstić information content (AvgIpc) is 2.05. The predicted molar refractivity (Wildman–Crippen MR) is 50.5 cm³/mol. The molecular formula is C11H18. The smallest absolute Gasteiger partial charge is 0.0171 e. The molecule has 62 valence electrons. The van der Waals surface area contributed by atoms with Gasteiger partial charge in [0, 0.05) is 0 Å². The highest BCUT2D eigenvalue weighted by Gasteiger charge is 2.10. The standard InChI is InChI=1S/C11H18/c1-9(2)10(3)11-7-5-4-6-8-11/h5,7-10H,4,6H2,1-3H3. The summed E-state index contributed by atoms with van der Waals surface area (Å²) in [6.45, 7) is 6.88. The first-order valence-corrected chi connectivity index (χ1v) is 4.58. The Labute approximate surface area is 70.0 Å². The SMILES string of the molecule is CC(C)C(C)C1=CCCC=C1. The van der Waals surface area contributed by atoms with Crippen molar-refractivity contribution in [2.45, 2.75) is 33.6 Å². The number of hydrogen-bond donors (Lipinski definition) is 0. The quantitative estimate of drug-likeness (QED) is 0.564. The van der Waals surface area contributed by atoms with E-state index in [0.717, 1.165) is 11.8 Å². The number of rotatable bonds is 2. The maximum absolute atomic E-state index is 2.38. The average molecular weight is 150 g/mol. The Morgan fingerprint density at radius 3 is 2.36 bits per heavy atom. The second kappa shape index (κ2) is 3.75. The molecule has 0 aromatic carbocycles. The topological polar surface area (TPSA) is 0 Å². The summed E-state index contributed by atoms with van der Waals surface area (Å²) in [7, 11) is 0. The van der Waals surface area contributed by atoms with Crippen molar-refractivity contribution in [2.24, 2.45) is 11.8 Å². The van der Waals surface area contributed by atoms with Crippen molar-refractivity contribution in [3.63, 3.8) is 0 Å². The van der Waals surface area contributed by atoms with Crippen LogP contribution in [0.5, 0.6) is 0 Å². The van der Waals surface area contributed by atoms with Gasteiger partial charge in [-0.3, -0.25) is 0 Å². The predicted octanol–water partition coefficient (Wildman–Crippen LogP) is 3.55. The van der Waals surface area contributed by atoms with Crippen LogP contribution in [0, 0.1) is 11.8 Å². The van der Waals surface area contributed by atoms with Gasteiger partial charge in [0.25, 0.3) is 0 Å². The third-order valence-corrected chi connectivity index (χ3v) is 2.55. The van der Waals surface area contributed by atoms with Gasteiger partial charge in [-0.25, -0.2) is 0 Å². The van der Waals surface area contributed by atoms with Gasteiger partial charge in [0.15, 0.2) is 0 Å². The van der Waals surface area contributed by atoms with Crippen LogP contribution in [-0.4, -0.2) is 0 Å². The second-order valence-corrected chi connectivity index (χ2v) is 3.72. The van der Waals surface area contributed by atoms with Gasteiger partial charge >= 0.3 is 0 Å². The van der Waals surface area contributed by atoms with Crippen molar-refractivity contribution < 1.29 is 0 Å². The van der Waals surface area contributed by atoms with Gasteiger partial charge in [-0.15, -0.1) is 0 Å². The molecule has 0 aliphatic heterocycles. The first-order valence-electron chi connectivity index (χ1n) is 4.58. The molecule has 1 rings (SSSR count). The van der Waals surface area contributed by atoms with E-state index in [1.54, 1.807) is 0 Å². The molecule has 11 heavy (non-hydrogen) atoms. The monoisotopic (exact) mass is 150 g/mol. The van der Waals surface area contributed by atoms with Gasteiger partial charge in [-0.1, -0.05) is 39.0 Å². The molecule has 0 bridgehead atoms. The van der Waals surface area contributed by atoms with Gasteiger partial charge in [-0.05, 0) is 30.3 Å². The molecule has 0 radical (unpaired) electrons. The highest BCUT2D eigenvalue weighted by atomic mass is 14.2. The summed E-state index contributed by atoms with van der Waals surface area (Å²) >= 11 is 0. The Balaban J connectivity index is 2.59.